The Kier molecular flexibility index (Phi) is 5.25. The molecule has 0 aliphatic carbocycles. The lowest BCUT2D eigenvalue weighted by Crippen LogP contribution is -2.00. The van der Waals surface area contributed by atoms with Crippen molar-refractivity contribution >= 4 is 23.4 Å². The third kappa shape index (κ3) is 4.53. The van der Waals surface area contributed by atoms with E-state index >= 15 is 0 Å². The molecule has 2 aromatic carbocycles. The molecule has 2 aromatic rings. The lowest BCUT2D eigenvalue weighted by atomic mass is 10.1. The van der Waals surface area contributed by atoms with Gasteiger partial charge in [0.2, 0.25) is 0 Å². The highest BCUT2D eigenvalue weighted by Gasteiger charge is 2.07. The van der Waals surface area contributed by atoms with Crippen LogP contribution in [0, 0.1) is 5.82 Å². The average molecular weight is 297 g/mol. The van der Waals surface area contributed by atoms with Gasteiger partial charge in [-0.1, -0.05) is 35.9 Å². The number of hydrogen-bond acceptors (Lipinski definition) is 2. The van der Waals surface area contributed by atoms with Gasteiger partial charge < -0.3 is 5.11 Å². The Hall–Kier alpha value is -1.03. The molecule has 1 N–H and O–H groups in total. The van der Waals surface area contributed by atoms with E-state index in [0.717, 1.165) is 16.3 Å². The molecule has 4 heteroatoms. The van der Waals surface area contributed by atoms with Crippen LogP contribution in [0.15, 0.2) is 48.5 Å². The van der Waals surface area contributed by atoms with Crippen LogP contribution in [-0.4, -0.2) is 10.9 Å². The molecule has 0 bridgehead atoms. The molecule has 0 aliphatic heterocycles. The van der Waals surface area contributed by atoms with Gasteiger partial charge in [0, 0.05) is 16.5 Å². The molecule has 2 rings (SSSR count). The minimum atomic E-state index is -0.571. The first-order chi connectivity index (χ1) is 9.15. The zero-order chi connectivity index (χ0) is 13.7. The maximum Gasteiger partial charge on any atom is 0.123 e. The number of rotatable bonds is 5. The second-order valence-electron chi connectivity index (χ2n) is 4.21. The number of hydrogen-bond donors (Lipinski definition) is 1. The molecule has 1 nitrogen and oxygen atoms in total. The standard InChI is InChI=1S/C15H14ClFOS/c16-13-5-1-11(2-6-13)9-19-10-15(18)12-3-7-14(17)8-4-12/h1-8,15,18H,9-10H2. The van der Waals surface area contributed by atoms with Crippen molar-refractivity contribution in [3.05, 3.63) is 70.5 Å². The van der Waals surface area contributed by atoms with Gasteiger partial charge in [-0.15, -0.1) is 0 Å². The SMILES string of the molecule is OC(CSCc1ccc(Cl)cc1)c1ccc(F)cc1. The predicted molar refractivity (Wildman–Crippen MR) is 79.0 cm³/mol. The van der Waals surface area contributed by atoms with Gasteiger partial charge in [-0.2, -0.15) is 11.8 Å². The molecular weight excluding hydrogens is 283 g/mol. The summed E-state index contributed by atoms with van der Waals surface area (Å²) in [6, 6.07) is 13.6. The molecule has 19 heavy (non-hydrogen) atoms. The van der Waals surface area contributed by atoms with Crippen molar-refractivity contribution in [2.75, 3.05) is 5.75 Å². The predicted octanol–water partition coefficient (Wildman–Crippen LogP) is 4.45. The van der Waals surface area contributed by atoms with E-state index in [1.165, 1.54) is 17.7 Å². The highest BCUT2D eigenvalue weighted by atomic mass is 35.5. The molecule has 0 aromatic heterocycles. The van der Waals surface area contributed by atoms with Crippen LogP contribution in [0.4, 0.5) is 4.39 Å². The summed E-state index contributed by atoms with van der Waals surface area (Å²) in [5, 5.41) is 10.7. The van der Waals surface area contributed by atoms with Gasteiger partial charge in [-0.3, -0.25) is 0 Å². The Labute approximate surface area is 121 Å². The summed E-state index contributed by atoms with van der Waals surface area (Å²) in [5.41, 5.74) is 1.91. The fraction of sp³-hybridized carbons (Fsp3) is 0.200. The van der Waals surface area contributed by atoms with Crippen LogP contribution in [-0.2, 0) is 5.75 Å². The van der Waals surface area contributed by atoms with E-state index in [-0.39, 0.29) is 5.82 Å². The van der Waals surface area contributed by atoms with Gasteiger partial charge in [-0.05, 0) is 35.4 Å². The number of aliphatic hydroxyl groups excluding tert-OH is 1. The second-order valence-corrected chi connectivity index (χ2v) is 5.68. The van der Waals surface area contributed by atoms with Crippen molar-refractivity contribution < 1.29 is 9.50 Å². The fourth-order valence-electron chi connectivity index (χ4n) is 1.65. The number of benzene rings is 2. The van der Waals surface area contributed by atoms with E-state index in [1.54, 1.807) is 23.9 Å². The third-order valence-electron chi connectivity index (χ3n) is 2.71. The number of halogens is 2. The molecule has 0 spiro atoms. The van der Waals surface area contributed by atoms with Crippen LogP contribution in [0.25, 0.3) is 0 Å². The average Bonchev–Trinajstić information content (AvgIpc) is 2.41. The van der Waals surface area contributed by atoms with E-state index < -0.39 is 6.10 Å². The second kappa shape index (κ2) is 6.94. The van der Waals surface area contributed by atoms with Crippen molar-refractivity contribution in [1.82, 2.24) is 0 Å². The summed E-state index contributed by atoms with van der Waals surface area (Å²) in [6.07, 6.45) is -0.571. The Bertz CT molecular complexity index is 513. The number of thioether (sulfide) groups is 1. The van der Waals surface area contributed by atoms with Gasteiger partial charge in [-0.25, -0.2) is 4.39 Å². The topological polar surface area (TPSA) is 20.2 Å². The molecule has 0 saturated carbocycles. The first-order valence-electron chi connectivity index (χ1n) is 5.91. The maximum atomic E-state index is 12.8. The Balaban J connectivity index is 1.82. The first-order valence-corrected chi connectivity index (χ1v) is 7.44. The van der Waals surface area contributed by atoms with Gasteiger partial charge in [0.25, 0.3) is 0 Å². The van der Waals surface area contributed by atoms with Crippen molar-refractivity contribution in [2.24, 2.45) is 0 Å². The van der Waals surface area contributed by atoms with E-state index in [0.29, 0.717) is 5.75 Å². The molecule has 0 fully saturated rings. The molecule has 0 heterocycles. The van der Waals surface area contributed by atoms with Crippen LogP contribution in [0.2, 0.25) is 5.02 Å². The molecule has 1 unspecified atom stereocenters. The summed E-state index contributed by atoms with van der Waals surface area (Å²) in [6.45, 7) is 0. The van der Waals surface area contributed by atoms with E-state index in [1.807, 2.05) is 24.3 Å². The zero-order valence-electron chi connectivity index (χ0n) is 10.2. The lowest BCUT2D eigenvalue weighted by Gasteiger charge is -2.10. The maximum absolute atomic E-state index is 12.8. The van der Waals surface area contributed by atoms with Crippen LogP contribution in [0.1, 0.15) is 17.2 Å². The van der Waals surface area contributed by atoms with E-state index in [9.17, 15) is 9.50 Å². The van der Waals surface area contributed by atoms with E-state index in [2.05, 4.69) is 0 Å². The largest absolute Gasteiger partial charge is 0.388 e. The number of aliphatic hydroxyl groups is 1. The molecule has 0 saturated heterocycles. The highest BCUT2D eigenvalue weighted by Crippen LogP contribution is 2.22. The normalized spacial score (nSPS) is 12.4. The summed E-state index contributed by atoms with van der Waals surface area (Å²) in [7, 11) is 0. The molecule has 0 amide bonds. The van der Waals surface area contributed by atoms with Gasteiger partial charge in [0.15, 0.2) is 0 Å². The van der Waals surface area contributed by atoms with Crippen LogP contribution in [0.5, 0.6) is 0 Å². The smallest absolute Gasteiger partial charge is 0.123 e. The summed E-state index contributed by atoms with van der Waals surface area (Å²) < 4.78 is 12.8. The Morgan fingerprint density at radius 2 is 1.68 bits per heavy atom. The van der Waals surface area contributed by atoms with Crippen molar-refractivity contribution in [1.29, 1.82) is 0 Å². The Morgan fingerprint density at radius 1 is 1.05 bits per heavy atom. The minimum Gasteiger partial charge on any atom is -0.388 e. The third-order valence-corrected chi connectivity index (χ3v) is 4.05. The zero-order valence-corrected chi connectivity index (χ0v) is 11.8. The lowest BCUT2D eigenvalue weighted by molar-refractivity contribution is 0.204. The summed E-state index contributed by atoms with van der Waals surface area (Å²) >= 11 is 7.44. The quantitative estimate of drug-likeness (QED) is 0.880. The molecule has 0 aliphatic rings. The van der Waals surface area contributed by atoms with Gasteiger partial charge >= 0.3 is 0 Å². The Morgan fingerprint density at radius 3 is 2.32 bits per heavy atom. The minimum absolute atomic E-state index is 0.287. The molecule has 1 atom stereocenters. The van der Waals surface area contributed by atoms with E-state index in [4.69, 9.17) is 11.6 Å². The molecule has 100 valence electrons. The van der Waals surface area contributed by atoms with Crippen LogP contribution >= 0.6 is 23.4 Å². The van der Waals surface area contributed by atoms with Gasteiger partial charge in [0.1, 0.15) is 5.82 Å². The monoisotopic (exact) mass is 296 g/mol. The summed E-state index contributed by atoms with van der Waals surface area (Å²) in [5.74, 6) is 1.11. The van der Waals surface area contributed by atoms with Gasteiger partial charge in [0.05, 0.1) is 6.10 Å². The summed E-state index contributed by atoms with van der Waals surface area (Å²) in [4.78, 5) is 0. The first kappa shape index (κ1) is 14.4. The van der Waals surface area contributed by atoms with Crippen LogP contribution < -0.4 is 0 Å². The van der Waals surface area contributed by atoms with Crippen molar-refractivity contribution in [2.45, 2.75) is 11.9 Å². The molecule has 0 radical (unpaired) electrons. The van der Waals surface area contributed by atoms with Crippen LogP contribution in [0.3, 0.4) is 0 Å². The van der Waals surface area contributed by atoms with Crippen molar-refractivity contribution in [3.63, 3.8) is 0 Å². The fourth-order valence-corrected chi connectivity index (χ4v) is 2.74. The molecular formula is C15H14ClFOS. The highest BCUT2D eigenvalue weighted by molar-refractivity contribution is 7.98. The van der Waals surface area contributed by atoms with Crippen molar-refractivity contribution in [3.8, 4) is 0 Å².